The highest BCUT2D eigenvalue weighted by Gasteiger charge is 2.21. The van der Waals surface area contributed by atoms with Crippen molar-refractivity contribution in [3.63, 3.8) is 0 Å². The molecule has 1 fully saturated rings. The Morgan fingerprint density at radius 3 is 2.39 bits per heavy atom. The van der Waals surface area contributed by atoms with Crippen molar-refractivity contribution >= 4 is 10.0 Å². The summed E-state index contributed by atoms with van der Waals surface area (Å²) in [6, 6.07) is 6.32. The van der Waals surface area contributed by atoms with Crippen LogP contribution in [-0.4, -0.2) is 34.8 Å². The van der Waals surface area contributed by atoms with Gasteiger partial charge < -0.3 is 9.47 Å². The maximum Gasteiger partial charge on any atom is 0.240 e. The summed E-state index contributed by atoms with van der Waals surface area (Å²) in [4.78, 5) is 0.259. The number of ether oxygens (including phenoxy) is 2. The van der Waals surface area contributed by atoms with Gasteiger partial charge >= 0.3 is 0 Å². The summed E-state index contributed by atoms with van der Waals surface area (Å²) in [5.74, 6) is 0.639. The quantitative estimate of drug-likeness (QED) is 0.892. The molecule has 0 aromatic heterocycles. The molecule has 1 saturated heterocycles. The number of hydrogen-bond donors (Lipinski definition) is 1. The van der Waals surface area contributed by atoms with Crippen LogP contribution in [0.4, 0.5) is 0 Å². The monoisotopic (exact) mass is 271 g/mol. The van der Waals surface area contributed by atoms with E-state index in [1.807, 2.05) is 0 Å². The van der Waals surface area contributed by atoms with E-state index in [-0.39, 0.29) is 10.9 Å². The van der Waals surface area contributed by atoms with Crippen LogP contribution in [0.25, 0.3) is 0 Å². The van der Waals surface area contributed by atoms with Crippen LogP contribution >= 0.6 is 0 Å². The third-order valence-corrected chi connectivity index (χ3v) is 4.45. The average Bonchev–Trinajstić information content (AvgIpc) is 2.39. The number of sulfonamides is 1. The van der Waals surface area contributed by atoms with Gasteiger partial charge in [-0.05, 0) is 37.1 Å². The van der Waals surface area contributed by atoms with Crippen LogP contribution in [0.15, 0.2) is 29.2 Å². The van der Waals surface area contributed by atoms with Crippen molar-refractivity contribution in [2.24, 2.45) is 0 Å². The van der Waals surface area contributed by atoms with Crippen LogP contribution in [0.1, 0.15) is 12.8 Å². The number of methoxy groups -OCH3 is 1. The normalized spacial score (nSPS) is 17.6. The van der Waals surface area contributed by atoms with Gasteiger partial charge in [0.15, 0.2) is 0 Å². The maximum atomic E-state index is 12.1. The van der Waals surface area contributed by atoms with Crippen molar-refractivity contribution in [3.05, 3.63) is 24.3 Å². The third-order valence-electron chi connectivity index (χ3n) is 2.91. The highest BCUT2D eigenvalue weighted by atomic mass is 32.2. The molecule has 6 heteroatoms. The van der Waals surface area contributed by atoms with Crippen LogP contribution in [0.3, 0.4) is 0 Å². The molecule has 1 aliphatic heterocycles. The minimum absolute atomic E-state index is 0.0362. The van der Waals surface area contributed by atoms with Crippen molar-refractivity contribution in [1.82, 2.24) is 4.72 Å². The second-order valence-electron chi connectivity index (χ2n) is 4.18. The minimum Gasteiger partial charge on any atom is -0.497 e. The first-order valence-electron chi connectivity index (χ1n) is 5.86. The van der Waals surface area contributed by atoms with E-state index in [0.717, 1.165) is 12.8 Å². The number of hydrogen-bond acceptors (Lipinski definition) is 4. The van der Waals surface area contributed by atoms with Gasteiger partial charge in [-0.1, -0.05) is 0 Å². The minimum atomic E-state index is -3.45. The zero-order valence-electron chi connectivity index (χ0n) is 10.3. The Labute approximate surface area is 107 Å². The SMILES string of the molecule is COc1ccc(S(=O)(=O)NC2CCOCC2)cc1. The molecular weight excluding hydrogens is 254 g/mol. The smallest absolute Gasteiger partial charge is 0.240 e. The Balaban J connectivity index is 2.08. The van der Waals surface area contributed by atoms with Gasteiger partial charge in [-0.2, -0.15) is 0 Å². The molecule has 1 N–H and O–H groups in total. The fraction of sp³-hybridized carbons (Fsp3) is 0.500. The molecule has 0 atom stereocenters. The highest BCUT2D eigenvalue weighted by Crippen LogP contribution is 2.17. The summed E-state index contributed by atoms with van der Waals surface area (Å²) in [6.45, 7) is 1.21. The van der Waals surface area contributed by atoms with Gasteiger partial charge in [-0.15, -0.1) is 0 Å². The maximum absolute atomic E-state index is 12.1. The molecule has 0 aliphatic carbocycles. The summed E-state index contributed by atoms with van der Waals surface area (Å²) in [7, 11) is -1.90. The van der Waals surface area contributed by atoms with Crippen LogP contribution in [0.5, 0.6) is 5.75 Å². The topological polar surface area (TPSA) is 64.6 Å². The molecule has 100 valence electrons. The van der Waals surface area contributed by atoms with Crippen molar-refractivity contribution in [3.8, 4) is 5.75 Å². The van der Waals surface area contributed by atoms with E-state index in [1.54, 1.807) is 31.4 Å². The molecule has 0 unspecified atom stereocenters. The average molecular weight is 271 g/mol. The number of nitrogens with one attached hydrogen (secondary N) is 1. The first-order chi connectivity index (χ1) is 8.62. The largest absolute Gasteiger partial charge is 0.497 e. The fourth-order valence-electron chi connectivity index (χ4n) is 1.86. The van der Waals surface area contributed by atoms with E-state index in [0.29, 0.717) is 19.0 Å². The molecule has 1 heterocycles. The molecule has 1 aromatic rings. The summed E-state index contributed by atoms with van der Waals surface area (Å²) in [5, 5.41) is 0. The molecule has 18 heavy (non-hydrogen) atoms. The van der Waals surface area contributed by atoms with E-state index < -0.39 is 10.0 Å². The second-order valence-corrected chi connectivity index (χ2v) is 5.90. The van der Waals surface area contributed by atoms with Crippen molar-refractivity contribution in [1.29, 1.82) is 0 Å². The fourth-order valence-corrected chi connectivity index (χ4v) is 3.16. The molecule has 0 amide bonds. The molecule has 1 aromatic carbocycles. The summed E-state index contributed by atoms with van der Waals surface area (Å²) < 4.78 is 37.1. The molecule has 5 nitrogen and oxygen atoms in total. The Morgan fingerprint density at radius 1 is 1.22 bits per heavy atom. The summed E-state index contributed by atoms with van der Waals surface area (Å²) >= 11 is 0. The second kappa shape index (κ2) is 5.69. The Morgan fingerprint density at radius 2 is 1.83 bits per heavy atom. The van der Waals surface area contributed by atoms with E-state index in [1.165, 1.54) is 0 Å². The summed E-state index contributed by atoms with van der Waals surface area (Å²) in [5.41, 5.74) is 0. The Bertz CT molecular complexity index is 477. The van der Waals surface area contributed by atoms with Gasteiger partial charge in [-0.3, -0.25) is 0 Å². The lowest BCUT2D eigenvalue weighted by molar-refractivity contribution is 0.0832. The van der Waals surface area contributed by atoms with E-state index in [9.17, 15) is 8.42 Å². The zero-order chi connectivity index (χ0) is 13.0. The van der Waals surface area contributed by atoms with Gasteiger partial charge in [0.25, 0.3) is 0 Å². The van der Waals surface area contributed by atoms with Crippen LogP contribution in [0, 0.1) is 0 Å². The molecule has 0 saturated carbocycles. The van der Waals surface area contributed by atoms with Crippen LogP contribution in [-0.2, 0) is 14.8 Å². The van der Waals surface area contributed by atoms with Gasteiger partial charge in [-0.25, -0.2) is 13.1 Å². The molecule has 0 spiro atoms. The Kier molecular flexibility index (Phi) is 4.21. The molecule has 1 aliphatic rings. The van der Waals surface area contributed by atoms with Crippen LogP contribution < -0.4 is 9.46 Å². The first kappa shape index (κ1) is 13.3. The third kappa shape index (κ3) is 3.22. The lowest BCUT2D eigenvalue weighted by Crippen LogP contribution is -2.38. The van der Waals surface area contributed by atoms with E-state index in [4.69, 9.17) is 9.47 Å². The number of rotatable bonds is 4. The van der Waals surface area contributed by atoms with Crippen molar-refractivity contribution in [2.45, 2.75) is 23.8 Å². The highest BCUT2D eigenvalue weighted by molar-refractivity contribution is 7.89. The standard InChI is InChI=1S/C12H17NO4S/c1-16-11-2-4-12(5-3-11)18(14,15)13-10-6-8-17-9-7-10/h2-5,10,13H,6-9H2,1H3. The van der Waals surface area contributed by atoms with E-state index >= 15 is 0 Å². The number of benzene rings is 1. The van der Waals surface area contributed by atoms with Gasteiger partial charge in [0.05, 0.1) is 12.0 Å². The van der Waals surface area contributed by atoms with E-state index in [2.05, 4.69) is 4.72 Å². The van der Waals surface area contributed by atoms with Gasteiger partial charge in [0.1, 0.15) is 5.75 Å². The Hall–Kier alpha value is -1.11. The molecular formula is C12H17NO4S. The predicted octanol–water partition coefficient (Wildman–Crippen LogP) is 1.15. The molecule has 2 rings (SSSR count). The van der Waals surface area contributed by atoms with Crippen molar-refractivity contribution in [2.75, 3.05) is 20.3 Å². The molecule has 0 radical (unpaired) electrons. The van der Waals surface area contributed by atoms with Crippen molar-refractivity contribution < 1.29 is 17.9 Å². The van der Waals surface area contributed by atoms with Gasteiger partial charge in [0, 0.05) is 19.3 Å². The van der Waals surface area contributed by atoms with Gasteiger partial charge in [0.2, 0.25) is 10.0 Å². The first-order valence-corrected chi connectivity index (χ1v) is 7.34. The molecule has 0 bridgehead atoms. The summed E-state index contributed by atoms with van der Waals surface area (Å²) in [6.07, 6.45) is 1.44. The predicted molar refractivity (Wildman–Crippen MR) is 67.2 cm³/mol. The lowest BCUT2D eigenvalue weighted by Gasteiger charge is -2.22. The van der Waals surface area contributed by atoms with Crippen LogP contribution in [0.2, 0.25) is 0 Å². The zero-order valence-corrected chi connectivity index (χ0v) is 11.1. The lowest BCUT2D eigenvalue weighted by atomic mass is 10.1.